The molecule has 2 heteroatoms. The van der Waals surface area contributed by atoms with E-state index in [1.54, 1.807) is 4.57 Å². The van der Waals surface area contributed by atoms with Crippen LogP contribution in [0.5, 0.6) is 0 Å². The Labute approximate surface area is 95.9 Å². The second-order valence-electron chi connectivity index (χ2n) is 4.10. The number of hydrogen-bond donors (Lipinski definition) is 0. The van der Waals surface area contributed by atoms with Gasteiger partial charge in [-0.15, -0.1) is 0 Å². The molecule has 0 aliphatic heterocycles. The van der Waals surface area contributed by atoms with Crippen LogP contribution >= 0.6 is 0 Å². The summed E-state index contributed by atoms with van der Waals surface area (Å²) in [7, 11) is 0. The van der Waals surface area contributed by atoms with Gasteiger partial charge in [-0.05, 0) is 18.6 Å². The van der Waals surface area contributed by atoms with Gasteiger partial charge in [-0.2, -0.15) is 0 Å². The van der Waals surface area contributed by atoms with Crippen LogP contribution in [0.25, 0.3) is 10.9 Å². The monoisotopic (exact) mass is 215 g/mol. The summed E-state index contributed by atoms with van der Waals surface area (Å²) in [5.41, 5.74) is 1.02. The molecular weight excluding hydrogens is 198 g/mol. The summed E-state index contributed by atoms with van der Waals surface area (Å²) in [5, 5.41) is 1.13. The average Bonchev–Trinajstić information content (AvgIpc) is 2.73. The van der Waals surface area contributed by atoms with Gasteiger partial charge in [-0.1, -0.05) is 38.0 Å². The van der Waals surface area contributed by atoms with Gasteiger partial charge >= 0.3 is 0 Å². The second-order valence-corrected chi connectivity index (χ2v) is 4.10. The van der Waals surface area contributed by atoms with Crippen LogP contribution in [0.1, 0.15) is 37.4 Å². The minimum absolute atomic E-state index is 0.203. The Balaban J connectivity index is 2.17. The number of unbranched alkanes of at least 4 members (excludes halogenated alkanes) is 2. The van der Waals surface area contributed by atoms with Crippen molar-refractivity contribution >= 4 is 16.8 Å². The molecule has 0 aliphatic rings. The number of aromatic nitrogens is 1. The zero-order valence-electron chi connectivity index (χ0n) is 9.65. The van der Waals surface area contributed by atoms with E-state index >= 15 is 0 Å². The lowest BCUT2D eigenvalue weighted by atomic mass is 10.2. The first kappa shape index (κ1) is 10.9. The molecule has 0 amide bonds. The molecule has 16 heavy (non-hydrogen) atoms. The summed E-state index contributed by atoms with van der Waals surface area (Å²) >= 11 is 0. The Morgan fingerprint density at radius 2 is 2.00 bits per heavy atom. The molecule has 0 fully saturated rings. The van der Waals surface area contributed by atoms with Crippen LogP contribution in [0.2, 0.25) is 0 Å². The number of carbonyl (C=O) groups excluding carboxylic acids is 1. The third-order valence-corrected chi connectivity index (χ3v) is 2.86. The highest BCUT2D eigenvalue weighted by Crippen LogP contribution is 2.16. The summed E-state index contributed by atoms with van der Waals surface area (Å²) in [5.74, 6) is 0.203. The highest BCUT2D eigenvalue weighted by atomic mass is 16.2. The summed E-state index contributed by atoms with van der Waals surface area (Å²) < 4.78 is 1.77. The van der Waals surface area contributed by atoms with E-state index in [0.717, 1.165) is 30.2 Å². The van der Waals surface area contributed by atoms with E-state index in [2.05, 4.69) is 6.92 Å². The summed E-state index contributed by atoms with van der Waals surface area (Å²) in [6.45, 7) is 2.15. The van der Waals surface area contributed by atoms with Gasteiger partial charge in [0.1, 0.15) is 0 Å². The largest absolute Gasteiger partial charge is 0.287 e. The van der Waals surface area contributed by atoms with Crippen molar-refractivity contribution in [1.82, 2.24) is 4.57 Å². The lowest BCUT2D eigenvalue weighted by Crippen LogP contribution is -2.08. The molecule has 0 spiro atoms. The van der Waals surface area contributed by atoms with Crippen molar-refractivity contribution in [3.8, 4) is 0 Å². The van der Waals surface area contributed by atoms with E-state index in [-0.39, 0.29) is 5.91 Å². The first-order chi connectivity index (χ1) is 7.83. The highest BCUT2D eigenvalue weighted by molar-refractivity contribution is 5.92. The molecule has 0 saturated heterocycles. The topological polar surface area (TPSA) is 22.0 Å². The number of fused-ring (bicyclic) bond motifs is 1. The maximum atomic E-state index is 12.0. The fraction of sp³-hybridized carbons (Fsp3) is 0.357. The molecule has 0 bridgehead atoms. The van der Waals surface area contributed by atoms with Crippen molar-refractivity contribution in [3.63, 3.8) is 0 Å². The lowest BCUT2D eigenvalue weighted by Gasteiger charge is -2.03. The number of carbonyl (C=O) groups is 1. The van der Waals surface area contributed by atoms with Crippen molar-refractivity contribution in [1.29, 1.82) is 0 Å². The van der Waals surface area contributed by atoms with E-state index in [4.69, 9.17) is 0 Å². The standard InChI is InChI=1S/C14H17NO/c1-2-3-4-9-14(16)15-11-10-12-7-5-6-8-13(12)15/h5-8,10-11H,2-4,9H2,1H3. The Bertz CT molecular complexity index is 484. The molecule has 0 N–H and O–H groups in total. The molecule has 2 aromatic rings. The fourth-order valence-electron chi connectivity index (χ4n) is 1.95. The van der Waals surface area contributed by atoms with Gasteiger partial charge in [0, 0.05) is 18.0 Å². The smallest absolute Gasteiger partial charge is 0.231 e. The van der Waals surface area contributed by atoms with Gasteiger partial charge in [0.15, 0.2) is 0 Å². The predicted molar refractivity (Wildman–Crippen MR) is 66.7 cm³/mol. The lowest BCUT2D eigenvalue weighted by molar-refractivity contribution is 0.0904. The summed E-state index contributed by atoms with van der Waals surface area (Å²) in [6, 6.07) is 9.98. The maximum Gasteiger partial charge on any atom is 0.231 e. The molecule has 2 nitrogen and oxygen atoms in total. The first-order valence-corrected chi connectivity index (χ1v) is 5.92. The SMILES string of the molecule is CCCCCC(=O)n1ccc2ccccc21. The van der Waals surface area contributed by atoms with Crippen LogP contribution in [0.3, 0.4) is 0 Å². The normalized spacial score (nSPS) is 10.8. The van der Waals surface area contributed by atoms with Gasteiger partial charge in [-0.25, -0.2) is 0 Å². The Hall–Kier alpha value is -1.57. The van der Waals surface area contributed by atoms with Gasteiger partial charge < -0.3 is 0 Å². The first-order valence-electron chi connectivity index (χ1n) is 5.92. The van der Waals surface area contributed by atoms with Crippen molar-refractivity contribution < 1.29 is 4.79 Å². The number of hydrogen-bond acceptors (Lipinski definition) is 1. The highest BCUT2D eigenvalue weighted by Gasteiger charge is 2.07. The quantitative estimate of drug-likeness (QED) is 0.710. The maximum absolute atomic E-state index is 12.0. The van der Waals surface area contributed by atoms with Crippen LogP contribution in [0, 0.1) is 0 Å². The number of benzene rings is 1. The third kappa shape index (κ3) is 2.16. The predicted octanol–water partition coefficient (Wildman–Crippen LogP) is 3.86. The Morgan fingerprint density at radius 1 is 1.19 bits per heavy atom. The Morgan fingerprint density at radius 3 is 2.81 bits per heavy atom. The molecule has 1 heterocycles. The van der Waals surface area contributed by atoms with Crippen molar-refractivity contribution in [3.05, 3.63) is 36.5 Å². The molecule has 0 aliphatic carbocycles. The molecule has 84 valence electrons. The Kier molecular flexibility index (Phi) is 3.40. The molecule has 1 aromatic carbocycles. The number of rotatable bonds is 4. The molecule has 0 radical (unpaired) electrons. The van der Waals surface area contributed by atoms with Crippen LogP contribution in [-0.2, 0) is 0 Å². The fourth-order valence-corrected chi connectivity index (χ4v) is 1.95. The molecule has 0 unspecified atom stereocenters. The van der Waals surface area contributed by atoms with E-state index in [1.165, 1.54) is 0 Å². The van der Waals surface area contributed by atoms with Crippen molar-refractivity contribution in [2.24, 2.45) is 0 Å². The van der Waals surface area contributed by atoms with Crippen LogP contribution < -0.4 is 0 Å². The van der Waals surface area contributed by atoms with E-state index < -0.39 is 0 Å². The average molecular weight is 215 g/mol. The zero-order chi connectivity index (χ0) is 11.4. The van der Waals surface area contributed by atoms with E-state index in [0.29, 0.717) is 6.42 Å². The third-order valence-electron chi connectivity index (χ3n) is 2.86. The van der Waals surface area contributed by atoms with Crippen LogP contribution in [-0.4, -0.2) is 10.5 Å². The van der Waals surface area contributed by atoms with E-state index in [1.807, 2.05) is 36.5 Å². The zero-order valence-corrected chi connectivity index (χ0v) is 9.65. The van der Waals surface area contributed by atoms with Crippen molar-refractivity contribution in [2.45, 2.75) is 32.6 Å². The minimum atomic E-state index is 0.203. The summed E-state index contributed by atoms with van der Waals surface area (Å²) in [4.78, 5) is 12.0. The molecule has 0 saturated carbocycles. The van der Waals surface area contributed by atoms with Gasteiger partial charge in [-0.3, -0.25) is 9.36 Å². The van der Waals surface area contributed by atoms with Gasteiger partial charge in [0.25, 0.3) is 0 Å². The molecule has 1 aromatic heterocycles. The van der Waals surface area contributed by atoms with E-state index in [9.17, 15) is 4.79 Å². The van der Waals surface area contributed by atoms with Gasteiger partial charge in [0.05, 0.1) is 5.52 Å². The minimum Gasteiger partial charge on any atom is -0.287 e. The second kappa shape index (κ2) is 4.97. The molecule has 2 rings (SSSR count). The molecular formula is C14H17NO. The van der Waals surface area contributed by atoms with Gasteiger partial charge in [0.2, 0.25) is 5.91 Å². The van der Waals surface area contributed by atoms with Crippen LogP contribution in [0.15, 0.2) is 36.5 Å². The van der Waals surface area contributed by atoms with Crippen molar-refractivity contribution in [2.75, 3.05) is 0 Å². The molecule has 0 atom stereocenters. The number of para-hydroxylation sites is 1. The number of nitrogens with zero attached hydrogens (tertiary/aromatic N) is 1. The summed E-state index contributed by atoms with van der Waals surface area (Å²) in [6.07, 6.45) is 5.79. The van der Waals surface area contributed by atoms with Crippen LogP contribution in [0.4, 0.5) is 0 Å².